The first kappa shape index (κ1) is 20.0. The van der Waals surface area contributed by atoms with Crippen LogP contribution in [0.3, 0.4) is 0 Å². The summed E-state index contributed by atoms with van der Waals surface area (Å²) in [6.45, 7) is 1.16. The second kappa shape index (κ2) is 8.39. The fourth-order valence-corrected chi connectivity index (χ4v) is 1.98. The van der Waals surface area contributed by atoms with E-state index >= 15 is 0 Å². The summed E-state index contributed by atoms with van der Waals surface area (Å²) >= 11 is 0. The molecule has 0 unspecified atom stereocenters. The summed E-state index contributed by atoms with van der Waals surface area (Å²) in [7, 11) is 1.41. The first-order valence-electron chi connectivity index (χ1n) is 7.57. The number of hydrogen-bond donors (Lipinski definition) is 2. The van der Waals surface area contributed by atoms with Crippen LogP contribution >= 0.6 is 0 Å². The number of carboxylic acids is 1. The van der Waals surface area contributed by atoms with Crippen molar-refractivity contribution in [2.24, 2.45) is 5.10 Å². The van der Waals surface area contributed by atoms with Crippen molar-refractivity contribution in [1.29, 1.82) is 0 Å². The number of hydrazone groups is 1. The lowest BCUT2D eigenvalue weighted by Gasteiger charge is -2.11. The zero-order chi connectivity index (χ0) is 20.0. The van der Waals surface area contributed by atoms with Crippen LogP contribution in [0.1, 0.15) is 18.1 Å². The number of hydrogen-bond acceptors (Lipinski definition) is 6. The van der Waals surface area contributed by atoms with E-state index in [2.05, 4.69) is 15.5 Å². The first-order valence-corrected chi connectivity index (χ1v) is 7.57. The predicted molar refractivity (Wildman–Crippen MR) is 91.2 cm³/mol. The number of carbonyl (C=O) groups is 1. The second-order valence-corrected chi connectivity index (χ2v) is 5.29. The van der Waals surface area contributed by atoms with E-state index in [1.165, 1.54) is 19.2 Å². The Kier molecular flexibility index (Phi) is 6.22. The van der Waals surface area contributed by atoms with Crippen LogP contribution in [0.25, 0.3) is 0 Å². The maximum absolute atomic E-state index is 12.5. The van der Waals surface area contributed by atoms with Crippen molar-refractivity contribution in [3.8, 4) is 11.5 Å². The Balaban J connectivity index is 2.12. The molecule has 0 saturated carbocycles. The van der Waals surface area contributed by atoms with E-state index in [4.69, 9.17) is 14.6 Å². The average Bonchev–Trinajstić information content (AvgIpc) is 2.63. The SMILES string of the molecule is COc1cc(/C(C)=N/Nc2ccc(C(F)(F)F)cn2)ccc1OCC(=O)O. The average molecular weight is 383 g/mol. The molecule has 7 nitrogen and oxygen atoms in total. The van der Waals surface area contributed by atoms with E-state index < -0.39 is 24.3 Å². The van der Waals surface area contributed by atoms with Crippen molar-refractivity contribution in [3.63, 3.8) is 0 Å². The lowest BCUT2D eigenvalue weighted by molar-refractivity contribution is -0.139. The van der Waals surface area contributed by atoms with Gasteiger partial charge in [-0.1, -0.05) is 0 Å². The maximum Gasteiger partial charge on any atom is 0.417 e. The maximum atomic E-state index is 12.5. The third-order valence-electron chi connectivity index (χ3n) is 3.36. The molecule has 1 aromatic heterocycles. The molecule has 1 aromatic carbocycles. The summed E-state index contributed by atoms with van der Waals surface area (Å²) in [5.41, 5.74) is 2.86. The van der Waals surface area contributed by atoms with Crippen molar-refractivity contribution >= 4 is 17.5 Å². The van der Waals surface area contributed by atoms with Gasteiger partial charge in [-0.05, 0) is 37.3 Å². The van der Waals surface area contributed by atoms with Gasteiger partial charge in [0.05, 0.1) is 18.4 Å². The Hall–Kier alpha value is -3.30. The number of aliphatic carboxylic acids is 1. The number of pyridine rings is 1. The highest BCUT2D eigenvalue weighted by Gasteiger charge is 2.30. The molecular formula is C17H16F3N3O4. The minimum absolute atomic E-state index is 0.149. The molecule has 0 radical (unpaired) electrons. The number of benzene rings is 1. The second-order valence-electron chi connectivity index (χ2n) is 5.29. The largest absolute Gasteiger partial charge is 0.493 e. The van der Waals surface area contributed by atoms with Gasteiger partial charge >= 0.3 is 12.1 Å². The van der Waals surface area contributed by atoms with Crippen LogP contribution < -0.4 is 14.9 Å². The quantitative estimate of drug-likeness (QED) is 0.562. The number of methoxy groups -OCH3 is 1. The van der Waals surface area contributed by atoms with Crippen LogP contribution in [0.2, 0.25) is 0 Å². The molecule has 0 saturated heterocycles. The molecule has 27 heavy (non-hydrogen) atoms. The molecule has 2 rings (SSSR count). The predicted octanol–water partition coefficient (Wildman–Crippen LogP) is 3.41. The van der Waals surface area contributed by atoms with Crippen molar-refractivity contribution in [2.75, 3.05) is 19.1 Å². The molecule has 0 aliphatic carbocycles. The third-order valence-corrected chi connectivity index (χ3v) is 3.36. The van der Waals surface area contributed by atoms with Crippen LogP contribution in [-0.4, -0.2) is 35.5 Å². The Bertz CT molecular complexity index is 836. The van der Waals surface area contributed by atoms with Crippen molar-refractivity contribution in [1.82, 2.24) is 4.98 Å². The minimum atomic E-state index is -4.45. The molecule has 0 bridgehead atoms. The third kappa shape index (κ3) is 5.59. The number of halogens is 3. The summed E-state index contributed by atoms with van der Waals surface area (Å²) in [5, 5.41) is 12.7. The smallest absolute Gasteiger partial charge is 0.417 e. The Morgan fingerprint density at radius 3 is 2.56 bits per heavy atom. The molecule has 1 heterocycles. The van der Waals surface area contributed by atoms with E-state index in [1.54, 1.807) is 19.1 Å². The highest BCUT2D eigenvalue weighted by Crippen LogP contribution is 2.29. The molecule has 2 aromatic rings. The number of anilines is 1. The zero-order valence-electron chi connectivity index (χ0n) is 14.4. The van der Waals surface area contributed by atoms with Crippen molar-refractivity contribution in [3.05, 3.63) is 47.7 Å². The highest BCUT2D eigenvalue weighted by molar-refractivity contribution is 5.99. The van der Waals surface area contributed by atoms with Gasteiger partial charge in [-0.15, -0.1) is 0 Å². The van der Waals surface area contributed by atoms with Gasteiger partial charge in [0.2, 0.25) is 0 Å². The van der Waals surface area contributed by atoms with Gasteiger partial charge in [-0.2, -0.15) is 18.3 Å². The zero-order valence-corrected chi connectivity index (χ0v) is 14.4. The standard InChI is InChI=1S/C17H16F3N3O4/c1-10(22-23-15-6-4-12(8-21-15)17(18,19)20)11-3-5-13(14(7-11)26-2)27-9-16(24)25/h3-8H,9H2,1-2H3,(H,21,23)(H,24,25)/b22-10+. The van der Waals surface area contributed by atoms with Crippen LogP contribution in [0.15, 0.2) is 41.6 Å². The number of rotatable bonds is 7. The fourth-order valence-electron chi connectivity index (χ4n) is 1.98. The summed E-state index contributed by atoms with van der Waals surface area (Å²) in [5.74, 6) is -0.396. The molecule has 10 heteroatoms. The Morgan fingerprint density at radius 2 is 2.00 bits per heavy atom. The topological polar surface area (TPSA) is 93.0 Å². The first-order chi connectivity index (χ1) is 12.7. The van der Waals surface area contributed by atoms with Crippen LogP contribution in [-0.2, 0) is 11.0 Å². The van der Waals surface area contributed by atoms with Gasteiger partial charge in [0.1, 0.15) is 5.82 Å². The van der Waals surface area contributed by atoms with Crippen LogP contribution in [0.5, 0.6) is 11.5 Å². The summed E-state index contributed by atoms with van der Waals surface area (Å²) in [4.78, 5) is 14.2. The van der Waals surface area contributed by atoms with E-state index in [0.717, 1.165) is 6.07 Å². The monoisotopic (exact) mass is 383 g/mol. The van der Waals surface area contributed by atoms with Gasteiger partial charge in [0, 0.05) is 11.8 Å². The summed E-state index contributed by atoms with van der Waals surface area (Å²) < 4.78 is 47.8. The van der Waals surface area contributed by atoms with Gasteiger partial charge < -0.3 is 14.6 Å². The Labute approximate surface area is 152 Å². The number of nitrogens with zero attached hydrogens (tertiary/aromatic N) is 2. The highest BCUT2D eigenvalue weighted by atomic mass is 19.4. The molecule has 0 fully saturated rings. The summed E-state index contributed by atoms with van der Waals surface area (Å²) in [6.07, 6.45) is -3.74. The molecule has 0 amide bonds. The van der Waals surface area contributed by atoms with Crippen LogP contribution in [0.4, 0.5) is 19.0 Å². The molecule has 0 spiro atoms. The minimum Gasteiger partial charge on any atom is -0.493 e. The van der Waals surface area contributed by atoms with Gasteiger partial charge in [-0.3, -0.25) is 5.43 Å². The lowest BCUT2D eigenvalue weighted by atomic mass is 10.1. The lowest BCUT2D eigenvalue weighted by Crippen LogP contribution is -2.10. The number of ether oxygens (including phenoxy) is 2. The number of alkyl halides is 3. The van der Waals surface area contributed by atoms with E-state index in [9.17, 15) is 18.0 Å². The molecule has 2 N–H and O–H groups in total. The molecule has 144 valence electrons. The number of aromatic nitrogens is 1. The van der Waals surface area contributed by atoms with Gasteiger partial charge in [0.15, 0.2) is 18.1 Å². The van der Waals surface area contributed by atoms with E-state index in [0.29, 0.717) is 23.2 Å². The normalized spacial score (nSPS) is 11.8. The van der Waals surface area contributed by atoms with E-state index in [1.807, 2.05) is 0 Å². The van der Waals surface area contributed by atoms with E-state index in [-0.39, 0.29) is 11.6 Å². The summed E-state index contributed by atoms with van der Waals surface area (Å²) in [6, 6.07) is 6.84. The van der Waals surface area contributed by atoms with Gasteiger partial charge in [-0.25, -0.2) is 9.78 Å². The fraction of sp³-hybridized carbons (Fsp3) is 0.235. The van der Waals surface area contributed by atoms with Crippen LogP contribution in [0, 0.1) is 0 Å². The molecule has 0 aliphatic rings. The van der Waals surface area contributed by atoms with Crippen molar-refractivity contribution in [2.45, 2.75) is 13.1 Å². The van der Waals surface area contributed by atoms with Crippen molar-refractivity contribution < 1.29 is 32.5 Å². The Morgan fingerprint density at radius 1 is 1.26 bits per heavy atom. The molecule has 0 aliphatic heterocycles. The number of carboxylic acid groups (broad SMARTS) is 1. The molecular weight excluding hydrogens is 367 g/mol. The molecule has 0 atom stereocenters. The van der Waals surface area contributed by atoms with Gasteiger partial charge in [0.25, 0.3) is 0 Å². The number of nitrogens with one attached hydrogen (secondary N) is 1.